The van der Waals surface area contributed by atoms with E-state index in [-0.39, 0.29) is 0 Å². The number of benzene rings is 1. The lowest BCUT2D eigenvalue weighted by molar-refractivity contribution is -0.121. The quantitative estimate of drug-likeness (QED) is 0.561. The zero-order valence-corrected chi connectivity index (χ0v) is 9.43. The van der Waals surface area contributed by atoms with E-state index in [0.29, 0.717) is 11.3 Å². The molecule has 1 unspecified atom stereocenters. The summed E-state index contributed by atoms with van der Waals surface area (Å²) < 4.78 is 0. The zero-order valence-electron chi connectivity index (χ0n) is 9.43. The Morgan fingerprint density at radius 1 is 1.35 bits per heavy atom. The van der Waals surface area contributed by atoms with Crippen molar-refractivity contribution in [2.75, 3.05) is 11.9 Å². The summed E-state index contributed by atoms with van der Waals surface area (Å²) in [6, 6.07) is 6.05. The van der Waals surface area contributed by atoms with Crippen molar-refractivity contribution in [3.8, 4) is 0 Å². The number of aliphatic hydroxyl groups excluding tert-OH is 1. The second-order valence-corrected chi connectivity index (χ2v) is 3.97. The molecule has 6 N–H and O–H groups in total. The van der Waals surface area contributed by atoms with E-state index < -0.39 is 24.0 Å². The zero-order chi connectivity index (χ0) is 13.1. The van der Waals surface area contributed by atoms with Gasteiger partial charge < -0.3 is 21.9 Å². The highest BCUT2D eigenvalue weighted by molar-refractivity contribution is 5.98. The molecule has 0 aliphatic carbocycles. The van der Waals surface area contributed by atoms with Crippen LogP contribution in [0.5, 0.6) is 0 Å². The average molecular weight is 237 g/mol. The average Bonchev–Trinajstić information content (AvgIpc) is 2.29. The highest BCUT2D eigenvalue weighted by atomic mass is 16.3. The van der Waals surface area contributed by atoms with Crippen molar-refractivity contribution in [3.05, 3.63) is 29.8 Å². The fourth-order valence-corrected chi connectivity index (χ4v) is 1.06. The second-order valence-electron chi connectivity index (χ2n) is 3.97. The third-order valence-electron chi connectivity index (χ3n) is 2.27. The van der Waals surface area contributed by atoms with Gasteiger partial charge in [0, 0.05) is 11.3 Å². The van der Waals surface area contributed by atoms with Crippen LogP contribution in [0.1, 0.15) is 17.3 Å². The van der Waals surface area contributed by atoms with Crippen molar-refractivity contribution in [1.29, 1.82) is 0 Å². The van der Waals surface area contributed by atoms with Gasteiger partial charge in [-0.1, -0.05) is 0 Å². The molecule has 2 amide bonds. The summed E-state index contributed by atoms with van der Waals surface area (Å²) in [5.74, 6) is -1.05. The van der Waals surface area contributed by atoms with E-state index in [1.54, 1.807) is 0 Å². The summed E-state index contributed by atoms with van der Waals surface area (Å²) in [6.07, 6.45) is 0. The number of amides is 2. The number of aliphatic hydroxyl groups is 1. The van der Waals surface area contributed by atoms with Gasteiger partial charge in [0.2, 0.25) is 11.8 Å². The van der Waals surface area contributed by atoms with Crippen LogP contribution in [0.15, 0.2) is 24.3 Å². The van der Waals surface area contributed by atoms with Gasteiger partial charge in [-0.3, -0.25) is 9.59 Å². The maximum atomic E-state index is 11.6. The summed E-state index contributed by atoms with van der Waals surface area (Å²) >= 11 is 0. The van der Waals surface area contributed by atoms with E-state index in [0.717, 1.165) is 0 Å². The van der Waals surface area contributed by atoms with Crippen molar-refractivity contribution >= 4 is 17.5 Å². The summed E-state index contributed by atoms with van der Waals surface area (Å²) in [4.78, 5) is 22.4. The number of nitrogens with one attached hydrogen (secondary N) is 1. The SMILES string of the molecule is CC(N)(CO)C(=O)Nc1ccc(C(N)=O)cc1. The minimum atomic E-state index is -1.34. The van der Waals surface area contributed by atoms with Crippen molar-refractivity contribution in [3.63, 3.8) is 0 Å². The molecule has 0 saturated heterocycles. The van der Waals surface area contributed by atoms with E-state index in [1.165, 1.54) is 31.2 Å². The number of hydrogen-bond donors (Lipinski definition) is 4. The maximum absolute atomic E-state index is 11.6. The molecule has 0 saturated carbocycles. The molecule has 1 rings (SSSR count). The van der Waals surface area contributed by atoms with Gasteiger partial charge in [-0.05, 0) is 31.2 Å². The molecule has 1 aromatic carbocycles. The van der Waals surface area contributed by atoms with E-state index in [9.17, 15) is 9.59 Å². The second kappa shape index (κ2) is 4.94. The Morgan fingerprint density at radius 3 is 2.29 bits per heavy atom. The molecule has 0 radical (unpaired) electrons. The lowest BCUT2D eigenvalue weighted by Crippen LogP contribution is -2.51. The summed E-state index contributed by atoms with van der Waals surface area (Å²) in [7, 11) is 0. The molecular formula is C11H15N3O3. The highest BCUT2D eigenvalue weighted by Crippen LogP contribution is 2.11. The molecule has 0 spiro atoms. The highest BCUT2D eigenvalue weighted by Gasteiger charge is 2.27. The van der Waals surface area contributed by atoms with E-state index in [2.05, 4.69) is 5.32 Å². The Kier molecular flexibility index (Phi) is 3.82. The minimum absolute atomic E-state index is 0.348. The van der Waals surface area contributed by atoms with Crippen molar-refractivity contribution in [2.24, 2.45) is 11.5 Å². The monoisotopic (exact) mass is 237 g/mol. The molecule has 0 heterocycles. The minimum Gasteiger partial charge on any atom is -0.394 e. The molecular weight excluding hydrogens is 222 g/mol. The normalized spacial score (nSPS) is 13.8. The number of primary amides is 1. The summed E-state index contributed by atoms with van der Waals surface area (Å²) in [5.41, 5.74) is 10.1. The molecule has 0 bridgehead atoms. The third-order valence-corrected chi connectivity index (χ3v) is 2.27. The number of rotatable bonds is 4. The first-order valence-corrected chi connectivity index (χ1v) is 4.98. The predicted molar refractivity (Wildman–Crippen MR) is 63.3 cm³/mol. The van der Waals surface area contributed by atoms with E-state index >= 15 is 0 Å². The fraction of sp³-hybridized carbons (Fsp3) is 0.273. The van der Waals surface area contributed by atoms with Gasteiger partial charge in [0.15, 0.2) is 0 Å². The standard InChI is InChI=1S/C11H15N3O3/c1-11(13,6-15)10(17)14-8-4-2-7(3-5-8)9(12)16/h2-5,15H,6,13H2,1H3,(H2,12,16)(H,14,17). The van der Waals surface area contributed by atoms with E-state index in [4.69, 9.17) is 16.6 Å². The van der Waals surface area contributed by atoms with Gasteiger partial charge in [0.25, 0.3) is 0 Å². The Bertz CT molecular complexity index is 426. The topological polar surface area (TPSA) is 118 Å². The van der Waals surface area contributed by atoms with Gasteiger partial charge in [-0.2, -0.15) is 0 Å². The number of carbonyl (C=O) groups is 2. The number of hydrogen-bond acceptors (Lipinski definition) is 4. The molecule has 17 heavy (non-hydrogen) atoms. The number of nitrogens with two attached hydrogens (primary N) is 2. The molecule has 0 aliphatic rings. The van der Waals surface area contributed by atoms with Gasteiger partial charge >= 0.3 is 0 Å². The van der Waals surface area contributed by atoms with Gasteiger partial charge in [0.1, 0.15) is 5.54 Å². The molecule has 0 aliphatic heterocycles. The summed E-state index contributed by atoms with van der Waals surface area (Å²) in [5, 5.41) is 11.4. The Labute approximate surface area is 98.6 Å². The van der Waals surface area contributed by atoms with Gasteiger partial charge in [0.05, 0.1) is 6.61 Å². The smallest absolute Gasteiger partial charge is 0.248 e. The molecule has 0 fully saturated rings. The van der Waals surface area contributed by atoms with Crippen LogP contribution in [0.4, 0.5) is 5.69 Å². The van der Waals surface area contributed by atoms with E-state index in [1.807, 2.05) is 0 Å². The largest absolute Gasteiger partial charge is 0.394 e. The predicted octanol–water partition coefficient (Wildman–Crippen LogP) is -0.566. The number of anilines is 1. The Hall–Kier alpha value is -1.92. The van der Waals surface area contributed by atoms with Crippen LogP contribution in [-0.2, 0) is 4.79 Å². The molecule has 6 heteroatoms. The molecule has 6 nitrogen and oxygen atoms in total. The van der Waals surface area contributed by atoms with Crippen molar-refractivity contribution < 1.29 is 14.7 Å². The molecule has 1 atom stereocenters. The third kappa shape index (κ3) is 3.27. The van der Waals surface area contributed by atoms with Crippen LogP contribution in [0.3, 0.4) is 0 Å². The lowest BCUT2D eigenvalue weighted by atomic mass is 10.0. The van der Waals surface area contributed by atoms with Crippen molar-refractivity contribution in [1.82, 2.24) is 0 Å². The first-order chi connectivity index (χ1) is 7.86. The Balaban J connectivity index is 2.76. The van der Waals surface area contributed by atoms with Crippen LogP contribution in [0.25, 0.3) is 0 Å². The first-order valence-electron chi connectivity index (χ1n) is 4.98. The van der Waals surface area contributed by atoms with Gasteiger partial charge in [-0.25, -0.2) is 0 Å². The van der Waals surface area contributed by atoms with Gasteiger partial charge in [-0.15, -0.1) is 0 Å². The molecule has 1 aromatic rings. The van der Waals surface area contributed by atoms with Crippen molar-refractivity contribution in [2.45, 2.75) is 12.5 Å². The Morgan fingerprint density at radius 2 is 1.88 bits per heavy atom. The van der Waals surface area contributed by atoms with Crippen LogP contribution in [0, 0.1) is 0 Å². The van der Waals surface area contributed by atoms with Crippen LogP contribution < -0.4 is 16.8 Å². The maximum Gasteiger partial charge on any atom is 0.248 e. The first kappa shape index (κ1) is 13.1. The van der Waals surface area contributed by atoms with Crippen LogP contribution >= 0.6 is 0 Å². The van der Waals surface area contributed by atoms with Crippen LogP contribution in [0.2, 0.25) is 0 Å². The fourth-order valence-electron chi connectivity index (χ4n) is 1.06. The van der Waals surface area contributed by atoms with Crippen LogP contribution in [-0.4, -0.2) is 29.1 Å². The lowest BCUT2D eigenvalue weighted by Gasteiger charge is -2.20. The molecule has 92 valence electrons. The number of carbonyl (C=O) groups excluding carboxylic acids is 2. The molecule has 0 aromatic heterocycles. The summed E-state index contributed by atoms with van der Waals surface area (Å²) in [6.45, 7) is 0.957.